The van der Waals surface area contributed by atoms with Crippen LogP contribution in [0.2, 0.25) is 0 Å². The van der Waals surface area contributed by atoms with Crippen LogP contribution in [0.15, 0.2) is 36.5 Å². The van der Waals surface area contributed by atoms with E-state index in [1.807, 2.05) is 30.3 Å². The minimum absolute atomic E-state index is 0.124. The van der Waals surface area contributed by atoms with Gasteiger partial charge in [-0.25, -0.2) is 0 Å². The van der Waals surface area contributed by atoms with Crippen LogP contribution in [0.1, 0.15) is 16.1 Å². The molecule has 1 aliphatic rings. The number of carbonyl (C=O) groups excluding carboxylic acids is 1. The second-order valence-corrected chi connectivity index (χ2v) is 3.54. The van der Waals surface area contributed by atoms with E-state index in [0.717, 1.165) is 22.4 Å². The molecule has 3 nitrogen and oxygen atoms in total. The van der Waals surface area contributed by atoms with Crippen molar-refractivity contribution >= 4 is 5.78 Å². The van der Waals surface area contributed by atoms with Gasteiger partial charge in [0, 0.05) is 11.1 Å². The zero-order valence-electron chi connectivity index (χ0n) is 7.97. The predicted octanol–water partition coefficient (Wildman–Crippen LogP) is 1.88. The summed E-state index contributed by atoms with van der Waals surface area (Å²) in [4.78, 5) is 11.8. The number of benzene rings is 1. The number of Topliss-reactive ketones (excluding diaryl/α,β-unsaturated/α-hetero) is 1. The van der Waals surface area contributed by atoms with Gasteiger partial charge in [-0.05, 0) is 11.6 Å². The lowest BCUT2D eigenvalue weighted by atomic mass is 9.88. The Morgan fingerprint density at radius 2 is 1.80 bits per heavy atom. The number of nitrogens with zero attached hydrogens (tertiary/aromatic N) is 2. The second kappa shape index (κ2) is 2.98. The van der Waals surface area contributed by atoms with Gasteiger partial charge in [-0.1, -0.05) is 24.3 Å². The van der Waals surface area contributed by atoms with Crippen molar-refractivity contribution in [3.05, 3.63) is 47.8 Å². The SMILES string of the molecule is O=C1Cc2nnccc2-c2ccccc21. The Morgan fingerprint density at radius 1 is 1.00 bits per heavy atom. The number of hydrogen-bond acceptors (Lipinski definition) is 3. The first-order valence-corrected chi connectivity index (χ1v) is 4.79. The number of rotatable bonds is 0. The number of fused-ring (bicyclic) bond motifs is 3. The van der Waals surface area contributed by atoms with Crippen molar-refractivity contribution in [3.63, 3.8) is 0 Å². The molecular weight excluding hydrogens is 188 g/mol. The molecule has 0 aliphatic heterocycles. The molecule has 0 N–H and O–H groups in total. The van der Waals surface area contributed by atoms with Crippen LogP contribution in [0.3, 0.4) is 0 Å². The Hall–Kier alpha value is -2.03. The lowest BCUT2D eigenvalue weighted by molar-refractivity contribution is 0.0990. The standard InChI is InChI=1S/C12H8N2O/c15-12-7-11-9(5-6-13-14-11)8-3-1-2-4-10(8)12/h1-6H,7H2. The van der Waals surface area contributed by atoms with Crippen LogP contribution in [-0.2, 0) is 6.42 Å². The molecule has 1 aromatic carbocycles. The van der Waals surface area contributed by atoms with Crippen LogP contribution in [0.25, 0.3) is 11.1 Å². The van der Waals surface area contributed by atoms with Crippen molar-refractivity contribution in [2.75, 3.05) is 0 Å². The summed E-state index contributed by atoms with van der Waals surface area (Å²) >= 11 is 0. The van der Waals surface area contributed by atoms with E-state index in [-0.39, 0.29) is 5.78 Å². The largest absolute Gasteiger partial charge is 0.294 e. The summed E-state index contributed by atoms with van der Waals surface area (Å²) in [5, 5.41) is 7.80. The molecule has 3 rings (SSSR count). The summed E-state index contributed by atoms with van der Waals surface area (Å²) in [6.45, 7) is 0. The van der Waals surface area contributed by atoms with Crippen LogP contribution in [0.5, 0.6) is 0 Å². The normalized spacial score (nSPS) is 13.2. The van der Waals surface area contributed by atoms with Gasteiger partial charge in [0.1, 0.15) is 0 Å². The Labute approximate surface area is 86.8 Å². The van der Waals surface area contributed by atoms with Gasteiger partial charge >= 0.3 is 0 Å². The third-order valence-electron chi connectivity index (χ3n) is 2.64. The third kappa shape index (κ3) is 1.16. The van der Waals surface area contributed by atoms with E-state index in [2.05, 4.69) is 10.2 Å². The van der Waals surface area contributed by atoms with Crippen molar-refractivity contribution < 1.29 is 4.79 Å². The minimum Gasteiger partial charge on any atom is -0.294 e. The first-order chi connectivity index (χ1) is 7.36. The quantitative estimate of drug-likeness (QED) is 0.646. The van der Waals surface area contributed by atoms with E-state index in [0.29, 0.717) is 6.42 Å². The van der Waals surface area contributed by atoms with Crippen molar-refractivity contribution in [1.29, 1.82) is 0 Å². The highest BCUT2D eigenvalue weighted by atomic mass is 16.1. The summed E-state index contributed by atoms with van der Waals surface area (Å²) in [5.74, 6) is 0.124. The molecule has 1 aromatic heterocycles. The lowest BCUT2D eigenvalue weighted by Crippen LogP contribution is -2.14. The molecule has 2 aromatic rings. The van der Waals surface area contributed by atoms with E-state index in [1.165, 1.54) is 0 Å². The topological polar surface area (TPSA) is 42.9 Å². The molecule has 15 heavy (non-hydrogen) atoms. The predicted molar refractivity (Wildman–Crippen MR) is 55.5 cm³/mol. The molecular formula is C12H8N2O. The van der Waals surface area contributed by atoms with E-state index in [4.69, 9.17) is 0 Å². The first-order valence-electron chi connectivity index (χ1n) is 4.79. The van der Waals surface area contributed by atoms with Crippen molar-refractivity contribution in [1.82, 2.24) is 10.2 Å². The van der Waals surface area contributed by atoms with Gasteiger partial charge in [0.05, 0.1) is 18.3 Å². The van der Waals surface area contributed by atoms with E-state index in [9.17, 15) is 4.79 Å². The monoisotopic (exact) mass is 196 g/mol. The summed E-state index contributed by atoms with van der Waals surface area (Å²) in [7, 11) is 0. The zero-order valence-corrected chi connectivity index (χ0v) is 7.97. The van der Waals surface area contributed by atoms with Gasteiger partial charge in [0.25, 0.3) is 0 Å². The second-order valence-electron chi connectivity index (χ2n) is 3.54. The number of carbonyl (C=O) groups is 1. The molecule has 0 spiro atoms. The van der Waals surface area contributed by atoms with Gasteiger partial charge in [0.15, 0.2) is 5.78 Å². The fourth-order valence-corrected chi connectivity index (χ4v) is 1.95. The maximum atomic E-state index is 11.8. The summed E-state index contributed by atoms with van der Waals surface area (Å²) in [6.07, 6.45) is 2.02. The van der Waals surface area contributed by atoms with Crippen molar-refractivity contribution in [2.24, 2.45) is 0 Å². The van der Waals surface area contributed by atoms with Crippen LogP contribution in [0.4, 0.5) is 0 Å². The van der Waals surface area contributed by atoms with E-state index in [1.54, 1.807) is 6.20 Å². The number of aromatic nitrogens is 2. The smallest absolute Gasteiger partial charge is 0.169 e. The lowest BCUT2D eigenvalue weighted by Gasteiger charge is -2.16. The molecule has 0 fully saturated rings. The number of hydrogen-bond donors (Lipinski definition) is 0. The highest BCUT2D eigenvalue weighted by Crippen LogP contribution is 2.31. The van der Waals surface area contributed by atoms with Crippen LogP contribution in [0, 0.1) is 0 Å². The minimum atomic E-state index is 0.124. The first kappa shape index (κ1) is 8.29. The van der Waals surface area contributed by atoms with Crippen molar-refractivity contribution in [3.8, 4) is 11.1 Å². The van der Waals surface area contributed by atoms with Gasteiger partial charge < -0.3 is 0 Å². The van der Waals surface area contributed by atoms with Gasteiger partial charge in [-0.15, -0.1) is 0 Å². The molecule has 0 atom stereocenters. The highest BCUT2D eigenvalue weighted by molar-refractivity contribution is 6.06. The van der Waals surface area contributed by atoms with Crippen LogP contribution >= 0.6 is 0 Å². The van der Waals surface area contributed by atoms with E-state index >= 15 is 0 Å². The Bertz CT molecular complexity index is 549. The van der Waals surface area contributed by atoms with E-state index < -0.39 is 0 Å². The Balaban J connectivity index is 2.34. The molecule has 1 aliphatic carbocycles. The van der Waals surface area contributed by atoms with Gasteiger partial charge in [0.2, 0.25) is 0 Å². The molecule has 72 valence electrons. The Morgan fingerprint density at radius 3 is 2.67 bits per heavy atom. The maximum absolute atomic E-state index is 11.8. The highest BCUT2D eigenvalue weighted by Gasteiger charge is 2.22. The fraction of sp³-hybridized carbons (Fsp3) is 0.0833. The zero-order chi connectivity index (χ0) is 10.3. The molecule has 0 saturated heterocycles. The van der Waals surface area contributed by atoms with Crippen LogP contribution in [-0.4, -0.2) is 16.0 Å². The fourth-order valence-electron chi connectivity index (χ4n) is 1.95. The maximum Gasteiger partial charge on any atom is 0.169 e. The van der Waals surface area contributed by atoms with Crippen molar-refractivity contribution in [2.45, 2.75) is 6.42 Å². The number of ketones is 1. The van der Waals surface area contributed by atoms with Crippen LogP contribution < -0.4 is 0 Å². The average molecular weight is 196 g/mol. The third-order valence-corrected chi connectivity index (χ3v) is 2.64. The molecule has 0 unspecified atom stereocenters. The molecule has 0 bridgehead atoms. The molecule has 3 heteroatoms. The summed E-state index contributed by atoms with van der Waals surface area (Å²) < 4.78 is 0. The molecule has 0 saturated carbocycles. The summed E-state index contributed by atoms with van der Waals surface area (Å²) in [6, 6.07) is 9.54. The summed E-state index contributed by atoms with van der Waals surface area (Å²) in [5.41, 5.74) is 3.57. The average Bonchev–Trinajstić information content (AvgIpc) is 2.30. The molecule has 0 radical (unpaired) electrons. The Kier molecular flexibility index (Phi) is 1.65. The molecule has 1 heterocycles. The van der Waals surface area contributed by atoms with Gasteiger partial charge in [-0.2, -0.15) is 10.2 Å². The molecule has 0 amide bonds. The van der Waals surface area contributed by atoms with Gasteiger partial charge in [-0.3, -0.25) is 4.79 Å².